The van der Waals surface area contributed by atoms with E-state index < -0.39 is 11.9 Å². The van der Waals surface area contributed by atoms with Crippen molar-refractivity contribution in [3.8, 4) is 0 Å². The van der Waals surface area contributed by atoms with E-state index in [1.807, 2.05) is 11.8 Å². The van der Waals surface area contributed by atoms with Gasteiger partial charge in [-0.2, -0.15) is 0 Å². The fraction of sp³-hybridized carbons (Fsp3) is 0.818. The van der Waals surface area contributed by atoms with Crippen LogP contribution in [0.1, 0.15) is 33.1 Å². The third-order valence-electron chi connectivity index (χ3n) is 2.99. The summed E-state index contributed by atoms with van der Waals surface area (Å²) in [6, 6.07) is -0.753. The number of nitrogens with zero attached hydrogens (tertiary/aromatic N) is 1. The van der Waals surface area contributed by atoms with Crippen LogP contribution in [0.3, 0.4) is 0 Å². The highest BCUT2D eigenvalue weighted by Gasteiger charge is 2.25. The van der Waals surface area contributed by atoms with Crippen molar-refractivity contribution < 1.29 is 9.59 Å². The number of primary amides is 1. The molecular formula is C11H21N3O2. The van der Waals surface area contributed by atoms with Crippen molar-refractivity contribution in [3.05, 3.63) is 0 Å². The van der Waals surface area contributed by atoms with Crippen molar-refractivity contribution in [1.29, 1.82) is 0 Å². The summed E-state index contributed by atoms with van der Waals surface area (Å²) in [6.45, 7) is 5.32. The first kappa shape index (κ1) is 13.0. The molecule has 16 heavy (non-hydrogen) atoms. The van der Waals surface area contributed by atoms with E-state index in [0.29, 0.717) is 6.42 Å². The predicted octanol–water partition coefficient (Wildman–Crippen LogP) is -0.149. The molecule has 1 heterocycles. The summed E-state index contributed by atoms with van der Waals surface area (Å²) in [6.07, 6.45) is 2.75. The molecule has 1 aliphatic rings. The van der Waals surface area contributed by atoms with Crippen molar-refractivity contribution in [2.45, 2.75) is 45.2 Å². The molecule has 2 unspecified atom stereocenters. The lowest BCUT2D eigenvalue weighted by Gasteiger charge is -2.24. The summed E-state index contributed by atoms with van der Waals surface area (Å²) >= 11 is 0. The number of carbonyl (C=O) groups is 2. The smallest absolute Gasteiger partial charge is 0.239 e. The Labute approximate surface area is 96.4 Å². The van der Waals surface area contributed by atoms with E-state index in [1.165, 1.54) is 0 Å². The Hall–Kier alpha value is -1.10. The maximum atomic E-state index is 11.9. The van der Waals surface area contributed by atoms with Gasteiger partial charge in [-0.25, -0.2) is 0 Å². The Kier molecular flexibility index (Phi) is 4.73. The van der Waals surface area contributed by atoms with Crippen LogP contribution in [-0.4, -0.2) is 41.9 Å². The van der Waals surface area contributed by atoms with Gasteiger partial charge in [0.1, 0.15) is 0 Å². The number of amides is 2. The van der Waals surface area contributed by atoms with Crippen molar-refractivity contribution in [2.24, 2.45) is 5.73 Å². The zero-order chi connectivity index (χ0) is 12.1. The SMILES string of the molecule is CCC(NC(C)C(=O)N1CCCC1)C(N)=O. The Balaban J connectivity index is 2.46. The largest absolute Gasteiger partial charge is 0.368 e. The average molecular weight is 227 g/mol. The lowest BCUT2D eigenvalue weighted by molar-refractivity contribution is -0.132. The molecule has 1 rings (SSSR count). The lowest BCUT2D eigenvalue weighted by atomic mass is 10.1. The van der Waals surface area contributed by atoms with Gasteiger partial charge < -0.3 is 10.6 Å². The molecule has 0 aromatic rings. The molecule has 3 N–H and O–H groups in total. The fourth-order valence-electron chi connectivity index (χ4n) is 1.99. The van der Waals surface area contributed by atoms with Crippen LogP contribution in [-0.2, 0) is 9.59 Å². The van der Waals surface area contributed by atoms with Gasteiger partial charge in [0.15, 0.2) is 0 Å². The van der Waals surface area contributed by atoms with E-state index >= 15 is 0 Å². The van der Waals surface area contributed by atoms with Crippen LogP contribution in [0.5, 0.6) is 0 Å². The summed E-state index contributed by atoms with van der Waals surface area (Å²) in [5.74, 6) is -0.333. The molecule has 0 radical (unpaired) electrons. The second-order valence-corrected chi connectivity index (χ2v) is 4.28. The van der Waals surface area contributed by atoms with E-state index in [1.54, 1.807) is 6.92 Å². The molecule has 92 valence electrons. The minimum atomic E-state index is -0.415. The summed E-state index contributed by atoms with van der Waals surface area (Å²) in [4.78, 5) is 24.8. The molecule has 5 nitrogen and oxygen atoms in total. The van der Waals surface area contributed by atoms with Crippen LogP contribution in [0.15, 0.2) is 0 Å². The molecule has 0 saturated carbocycles. The highest BCUT2D eigenvalue weighted by Crippen LogP contribution is 2.09. The molecule has 0 aromatic heterocycles. The Morgan fingerprint density at radius 2 is 1.94 bits per heavy atom. The van der Waals surface area contributed by atoms with Crippen LogP contribution in [0.2, 0.25) is 0 Å². The molecule has 2 atom stereocenters. The predicted molar refractivity (Wildman–Crippen MR) is 61.7 cm³/mol. The van der Waals surface area contributed by atoms with Crippen LogP contribution in [0.25, 0.3) is 0 Å². The first-order valence-corrected chi connectivity index (χ1v) is 5.90. The van der Waals surface area contributed by atoms with Crippen molar-refractivity contribution >= 4 is 11.8 Å². The van der Waals surface area contributed by atoms with E-state index in [2.05, 4.69) is 5.32 Å². The van der Waals surface area contributed by atoms with Crippen LogP contribution in [0.4, 0.5) is 0 Å². The standard InChI is InChI=1S/C11H21N3O2/c1-3-9(10(12)15)13-8(2)11(16)14-6-4-5-7-14/h8-9,13H,3-7H2,1-2H3,(H2,12,15). The number of carbonyl (C=O) groups excluding carboxylic acids is 2. The Morgan fingerprint density at radius 3 is 2.38 bits per heavy atom. The molecule has 5 heteroatoms. The van der Waals surface area contributed by atoms with Gasteiger partial charge in [0.2, 0.25) is 11.8 Å². The van der Waals surface area contributed by atoms with E-state index in [4.69, 9.17) is 5.73 Å². The molecule has 2 amide bonds. The van der Waals surface area contributed by atoms with Crippen molar-refractivity contribution in [1.82, 2.24) is 10.2 Å². The van der Waals surface area contributed by atoms with Crippen molar-refractivity contribution in [3.63, 3.8) is 0 Å². The number of hydrogen-bond donors (Lipinski definition) is 2. The van der Waals surface area contributed by atoms with Gasteiger partial charge in [0.05, 0.1) is 12.1 Å². The van der Waals surface area contributed by atoms with Gasteiger partial charge in [-0.3, -0.25) is 14.9 Å². The van der Waals surface area contributed by atoms with Crippen LogP contribution < -0.4 is 11.1 Å². The lowest BCUT2D eigenvalue weighted by Crippen LogP contribution is -2.51. The second kappa shape index (κ2) is 5.84. The number of likely N-dealkylation sites (tertiary alicyclic amines) is 1. The molecule has 1 saturated heterocycles. The maximum absolute atomic E-state index is 11.9. The highest BCUT2D eigenvalue weighted by atomic mass is 16.2. The number of rotatable bonds is 5. The maximum Gasteiger partial charge on any atom is 0.239 e. The van der Waals surface area contributed by atoms with Gasteiger partial charge in [0, 0.05) is 13.1 Å². The normalized spacial score (nSPS) is 19.5. The zero-order valence-electron chi connectivity index (χ0n) is 10.0. The topological polar surface area (TPSA) is 75.4 Å². The minimum absolute atomic E-state index is 0.0669. The molecule has 0 bridgehead atoms. The van der Waals surface area contributed by atoms with Crippen LogP contribution >= 0.6 is 0 Å². The molecule has 0 spiro atoms. The Morgan fingerprint density at radius 1 is 1.38 bits per heavy atom. The quantitative estimate of drug-likeness (QED) is 0.686. The molecular weight excluding hydrogens is 206 g/mol. The number of hydrogen-bond acceptors (Lipinski definition) is 3. The van der Waals surface area contributed by atoms with E-state index in [0.717, 1.165) is 25.9 Å². The fourth-order valence-corrected chi connectivity index (χ4v) is 1.99. The third kappa shape index (κ3) is 3.20. The van der Waals surface area contributed by atoms with Gasteiger partial charge in [-0.05, 0) is 26.2 Å². The Bertz CT molecular complexity index is 262. The molecule has 0 aromatic carbocycles. The van der Waals surface area contributed by atoms with Gasteiger partial charge in [0.25, 0.3) is 0 Å². The van der Waals surface area contributed by atoms with Crippen LogP contribution in [0, 0.1) is 0 Å². The summed E-state index contributed by atoms with van der Waals surface area (Å²) in [5.41, 5.74) is 5.22. The first-order chi connectivity index (χ1) is 7.56. The van der Waals surface area contributed by atoms with Gasteiger partial charge >= 0.3 is 0 Å². The summed E-state index contributed by atoms with van der Waals surface area (Å²) < 4.78 is 0. The molecule has 1 aliphatic heterocycles. The molecule has 0 aliphatic carbocycles. The number of nitrogens with one attached hydrogen (secondary N) is 1. The van der Waals surface area contributed by atoms with Gasteiger partial charge in [-0.15, -0.1) is 0 Å². The highest BCUT2D eigenvalue weighted by molar-refractivity contribution is 5.84. The number of nitrogens with two attached hydrogens (primary N) is 1. The third-order valence-corrected chi connectivity index (χ3v) is 2.99. The van der Waals surface area contributed by atoms with Crippen molar-refractivity contribution in [2.75, 3.05) is 13.1 Å². The average Bonchev–Trinajstić information content (AvgIpc) is 2.77. The summed E-state index contributed by atoms with van der Waals surface area (Å²) in [5, 5.41) is 2.98. The zero-order valence-corrected chi connectivity index (χ0v) is 10.0. The van der Waals surface area contributed by atoms with E-state index in [-0.39, 0.29) is 11.9 Å². The molecule has 1 fully saturated rings. The summed E-state index contributed by atoms with van der Waals surface area (Å²) in [7, 11) is 0. The van der Waals surface area contributed by atoms with E-state index in [9.17, 15) is 9.59 Å². The second-order valence-electron chi connectivity index (χ2n) is 4.28. The monoisotopic (exact) mass is 227 g/mol. The first-order valence-electron chi connectivity index (χ1n) is 5.90. The van der Waals surface area contributed by atoms with Gasteiger partial charge in [-0.1, -0.05) is 6.92 Å². The minimum Gasteiger partial charge on any atom is -0.368 e.